The molecule has 1 aliphatic carbocycles. The quantitative estimate of drug-likeness (QED) is 0.748. The molecule has 6 heteroatoms. The summed E-state index contributed by atoms with van der Waals surface area (Å²) in [5, 5.41) is 3.04. The molecule has 1 atom stereocenters. The highest BCUT2D eigenvalue weighted by Gasteiger charge is 2.58. The van der Waals surface area contributed by atoms with Crippen LogP contribution in [0.15, 0.2) is 54.7 Å². The monoisotopic (exact) mass is 407 g/mol. The first-order valence-corrected chi connectivity index (χ1v) is 10.5. The number of hydrogen-bond donors (Lipinski definition) is 1. The molecule has 0 bridgehead atoms. The number of likely N-dealkylation sites (tertiary alicyclic amines) is 1. The molecule has 1 aromatic heterocycles. The summed E-state index contributed by atoms with van der Waals surface area (Å²) in [4.78, 5) is 31.1. The number of rotatable bonds is 6. The fraction of sp³-hybridized carbons (Fsp3) is 0.375. The first-order chi connectivity index (χ1) is 14.6. The van der Waals surface area contributed by atoms with Crippen LogP contribution in [0.1, 0.15) is 30.5 Å². The Bertz CT molecular complexity index is 919. The minimum Gasteiger partial charge on any atom is -0.355 e. The van der Waals surface area contributed by atoms with E-state index >= 15 is 0 Å². The lowest BCUT2D eigenvalue weighted by atomic mass is 9.90. The van der Waals surface area contributed by atoms with E-state index in [0.717, 1.165) is 36.9 Å². The number of carbonyl (C=O) groups is 2. The molecule has 2 aliphatic rings. The molecule has 5 nitrogen and oxygen atoms in total. The average Bonchev–Trinajstić information content (AvgIpc) is 3.47. The van der Waals surface area contributed by atoms with Crippen LogP contribution in [0.2, 0.25) is 0 Å². The van der Waals surface area contributed by atoms with E-state index in [4.69, 9.17) is 0 Å². The molecule has 2 aromatic rings. The zero-order valence-corrected chi connectivity index (χ0v) is 16.9. The minimum absolute atomic E-state index is 0.0359. The van der Waals surface area contributed by atoms with Gasteiger partial charge in [0.1, 0.15) is 5.82 Å². The Balaban J connectivity index is 1.21. The molecule has 1 saturated heterocycles. The molecule has 0 unspecified atom stereocenters. The van der Waals surface area contributed by atoms with Crippen LogP contribution in [-0.2, 0) is 16.0 Å². The maximum absolute atomic E-state index is 13.0. The topological polar surface area (TPSA) is 62.3 Å². The molecule has 30 heavy (non-hydrogen) atoms. The van der Waals surface area contributed by atoms with Crippen molar-refractivity contribution in [1.82, 2.24) is 15.2 Å². The summed E-state index contributed by atoms with van der Waals surface area (Å²) in [5.41, 5.74) is 1.83. The summed E-state index contributed by atoms with van der Waals surface area (Å²) in [5.74, 6) is -0.138. The number of piperidine rings is 1. The van der Waals surface area contributed by atoms with E-state index in [1.807, 2.05) is 23.1 Å². The van der Waals surface area contributed by atoms with Gasteiger partial charge in [-0.1, -0.05) is 18.2 Å². The third kappa shape index (κ3) is 4.75. The fourth-order valence-electron chi connectivity index (χ4n) is 4.27. The minimum atomic E-state index is -0.292. The molecule has 1 spiro atoms. The van der Waals surface area contributed by atoms with Crippen LogP contribution in [-0.4, -0.2) is 41.3 Å². The van der Waals surface area contributed by atoms with Gasteiger partial charge in [-0.05, 0) is 60.6 Å². The number of carbonyl (C=O) groups excluding carboxylic acids is 2. The van der Waals surface area contributed by atoms with Crippen molar-refractivity contribution in [2.24, 2.45) is 11.3 Å². The van der Waals surface area contributed by atoms with Gasteiger partial charge >= 0.3 is 0 Å². The lowest BCUT2D eigenvalue weighted by Crippen LogP contribution is -2.40. The van der Waals surface area contributed by atoms with Crippen LogP contribution in [0.4, 0.5) is 4.39 Å². The number of aromatic nitrogens is 1. The van der Waals surface area contributed by atoms with Gasteiger partial charge in [-0.2, -0.15) is 0 Å². The highest BCUT2D eigenvalue weighted by molar-refractivity contribution is 5.92. The molecule has 1 aromatic carbocycles. The maximum Gasteiger partial charge on any atom is 0.246 e. The van der Waals surface area contributed by atoms with Gasteiger partial charge in [0.2, 0.25) is 11.8 Å². The largest absolute Gasteiger partial charge is 0.355 e. The van der Waals surface area contributed by atoms with Crippen LogP contribution in [0, 0.1) is 17.2 Å². The van der Waals surface area contributed by atoms with E-state index < -0.39 is 0 Å². The molecular weight excluding hydrogens is 381 g/mol. The van der Waals surface area contributed by atoms with E-state index in [9.17, 15) is 14.0 Å². The van der Waals surface area contributed by atoms with Crippen LogP contribution >= 0.6 is 0 Å². The average molecular weight is 407 g/mol. The number of nitrogens with zero attached hydrogens (tertiary/aromatic N) is 2. The Kier molecular flexibility index (Phi) is 5.93. The summed E-state index contributed by atoms with van der Waals surface area (Å²) in [6.07, 6.45) is 8.38. The lowest BCUT2D eigenvalue weighted by Gasteiger charge is -2.32. The smallest absolute Gasteiger partial charge is 0.246 e. The zero-order chi connectivity index (χ0) is 21.0. The number of benzene rings is 1. The molecule has 4 rings (SSSR count). The molecule has 2 fully saturated rings. The summed E-state index contributed by atoms with van der Waals surface area (Å²) in [6.45, 7) is 1.94. The van der Waals surface area contributed by atoms with Crippen LogP contribution in [0.5, 0.6) is 0 Å². The molecule has 2 heterocycles. The van der Waals surface area contributed by atoms with Crippen LogP contribution in [0.25, 0.3) is 6.08 Å². The van der Waals surface area contributed by atoms with Gasteiger partial charge in [0.05, 0.1) is 0 Å². The maximum atomic E-state index is 13.0. The van der Waals surface area contributed by atoms with Crippen molar-refractivity contribution in [2.75, 3.05) is 19.6 Å². The Morgan fingerprint density at radius 1 is 1.17 bits per heavy atom. The molecule has 0 radical (unpaired) electrons. The van der Waals surface area contributed by atoms with Gasteiger partial charge in [0.15, 0.2) is 0 Å². The van der Waals surface area contributed by atoms with Crippen molar-refractivity contribution in [3.05, 3.63) is 71.8 Å². The number of halogens is 1. The second-order valence-corrected chi connectivity index (χ2v) is 8.19. The van der Waals surface area contributed by atoms with Crippen LogP contribution in [0.3, 0.4) is 0 Å². The summed E-state index contributed by atoms with van der Waals surface area (Å²) in [7, 11) is 0. The Morgan fingerprint density at radius 2 is 1.93 bits per heavy atom. The Labute approximate surface area is 176 Å². The van der Waals surface area contributed by atoms with E-state index in [1.54, 1.807) is 30.5 Å². The summed E-state index contributed by atoms with van der Waals surface area (Å²) in [6, 6.07) is 11.8. The SMILES string of the molecule is O=C(NCCc1ccccn1)[C@H]1CC12CCN(C(=O)/C=C/c1ccc(F)cc1)CC2. The molecule has 1 saturated carbocycles. The number of hydrogen-bond acceptors (Lipinski definition) is 3. The predicted octanol–water partition coefficient (Wildman–Crippen LogP) is 3.22. The fourth-order valence-corrected chi connectivity index (χ4v) is 4.27. The van der Waals surface area contributed by atoms with E-state index in [1.165, 1.54) is 12.1 Å². The van der Waals surface area contributed by atoms with Gasteiger partial charge in [-0.3, -0.25) is 14.6 Å². The van der Waals surface area contributed by atoms with Crippen LogP contribution < -0.4 is 5.32 Å². The number of nitrogens with one attached hydrogen (secondary N) is 1. The summed E-state index contributed by atoms with van der Waals surface area (Å²) >= 11 is 0. The second kappa shape index (κ2) is 8.78. The number of amides is 2. The van der Waals surface area contributed by atoms with Crippen molar-refractivity contribution in [1.29, 1.82) is 0 Å². The first-order valence-electron chi connectivity index (χ1n) is 10.5. The van der Waals surface area contributed by atoms with Gasteiger partial charge in [-0.25, -0.2) is 4.39 Å². The Hall–Kier alpha value is -3.02. The normalized spacial score (nSPS) is 19.8. The van der Waals surface area contributed by atoms with Crippen molar-refractivity contribution < 1.29 is 14.0 Å². The van der Waals surface area contributed by atoms with E-state index in [0.29, 0.717) is 19.6 Å². The van der Waals surface area contributed by atoms with Gasteiger partial charge in [0, 0.05) is 49.9 Å². The lowest BCUT2D eigenvalue weighted by molar-refractivity contribution is -0.127. The molecule has 1 N–H and O–H groups in total. The highest BCUT2D eigenvalue weighted by Crippen LogP contribution is 2.59. The van der Waals surface area contributed by atoms with Crippen molar-refractivity contribution in [3.63, 3.8) is 0 Å². The van der Waals surface area contributed by atoms with Crippen molar-refractivity contribution >= 4 is 17.9 Å². The van der Waals surface area contributed by atoms with E-state index in [2.05, 4.69) is 10.3 Å². The number of pyridine rings is 1. The van der Waals surface area contributed by atoms with E-state index in [-0.39, 0.29) is 29.0 Å². The third-order valence-electron chi connectivity index (χ3n) is 6.27. The standard InChI is InChI=1S/C24H26FN3O2/c25-19-7-4-18(5-8-19)6-9-22(29)28-15-11-24(12-16-28)17-21(24)23(30)27-14-10-20-3-1-2-13-26-20/h1-9,13,21H,10-12,14-17H2,(H,27,30)/b9-6+/t21-/m1/s1. The molecule has 1 aliphatic heterocycles. The van der Waals surface area contributed by atoms with Gasteiger partial charge in [0.25, 0.3) is 0 Å². The zero-order valence-electron chi connectivity index (χ0n) is 16.9. The first kappa shape index (κ1) is 20.3. The third-order valence-corrected chi connectivity index (χ3v) is 6.27. The molecule has 156 valence electrons. The molecular formula is C24H26FN3O2. The second-order valence-electron chi connectivity index (χ2n) is 8.19. The van der Waals surface area contributed by atoms with Crippen molar-refractivity contribution in [2.45, 2.75) is 25.7 Å². The summed E-state index contributed by atoms with van der Waals surface area (Å²) < 4.78 is 13.0. The van der Waals surface area contributed by atoms with Crippen molar-refractivity contribution in [3.8, 4) is 0 Å². The highest BCUT2D eigenvalue weighted by atomic mass is 19.1. The predicted molar refractivity (Wildman–Crippen MR) is 113 cm³/mol. The van der Waals surface area contributed by atoms with Gasteiger partial charge < -0.3 is 10.2 Å². The molecule has 2 amide bonds. The Morgan fingerprint density at radius 3 is 2.63 bits per heavy atom. The van der Waals surface area contributed by atoms with Gasteiger partial charge in [-0.15, -0.1) is 0 Å².